The number of hydrogen-bond donors (Lipinski definition) is 1. The van der Waals surface area contributed by atoms with Gasteiger partial charge in [0, 0.05) is 31.5 Å². The molecule has 0 aliphatic heterocycles. The van der Waals surface area contributed by atoms with Crippen molar-refractivity contribution in [1.29, 1.82) is 0 Å². The van der Waals surface area contributed by atoms with Crippen LogP contribution < -0.4 is 10.1 Å². The highest BCUT2D eigenvalue weighted by Crippen LogP contribution is 2.24. The van der Waals surface area contributed by atoms with Crippen LogP contribution in [0.3, 0.4) is 0 Å². The van der Waals surface area contributed by atoms with E-state index in [1.165, 1.54) is 7.05 Å². The molecule has 0 bridgehead atoms. The third kappa shape index (κ3) is 5.19. The number of ether oxygens (including phenoxy) is 1. The zero-order valence-electron chi connectivity index (χ0n) is 14.2. The summed E-state index contributed by atoms with van der Waals surface area (Å²) in [5.41, 5.74) is 1.64. The zero-order chi connectivity index (χ0) is 19.2. The number of alkyl halides is 3. The van der Waals surface area contributed by atoms with Gasteiger partial charge in [0.1, 0.15) is 11.4 Å². The van der Waals surface area contributed by atoms with Crippen molar-refractivity contribution in [2.24, 2.45) is 4.99 Å². The van der Waals surface area contributed by atoms with E-state index in [0.717, 1.165) is 22.9 Å². The van der Waals surface area contributed by atoms with Crippen LogP contribution in [-0.2, 0) is 6.54 Å². The van der Waals surface area contributed by atoms with Gasteiger partial charge in [0.05, 0.1) is 18.3 Å². The predicted molar refractivity (Wildman–Crippen MR) is 99.9 cm³/mol. The van der Waals surface area contributed by atoms with Crippen LogP contribution in [0.2, 0.25) is 0 Å². The van der Waals surface area contributed by atoms with Crippen LogP contribution in [0.5, 0.6) is 5.75 Å². The number of allylic oxidation sites excluding steroid dienone is 2. The first-order valence-electron chi connectivity index (χ1n) is 7.62. The number of rotatable bonds is 7. The topological polar surface area (TPSA) is 38.5 Å². The fourth-order valence-electron chi connectivity index (χ4n) is 2.35. The lowest BCUT2D eigenvalue weighted by atomic mass is 10.1. The lowest BCUT2D eigenvalue weighted by molar-refractivity contribution is -0.0945. The molecule has 0 aliphatic rings. The molecular formula is C18H18F3N3OS. The molecule has 0 aliphatic carbocycles. The Balaban J connectivity index is 2.24. The number of benzene rings is 1. The van der Waals surface area contributed by atoms with Crippen molar-refractivity contribution < 1.29 is 17.9 Å². The predicted octanol–water partition coefficient (Wildman–Crippen LogP) is 3.96. The van der Waals surface area contributed by atoms with E-state index in [-0.39, 0.29) is 5.71 Å². The maximum absolute atomic E-state index is 13.0. The van der Waals surface area contributed by atoms with E-state index in [9.17, 15) is 13.2 Å². The molecule has 1 aromatic carbocycles. The Morgan fingerprint density at radius 3 is 2.73 bits per heavy atom. The van der Waals surface area contributed by atoms with E-state index in [1.54, 1.807) is 25.6 Å². The van der Waals surface area contributed by atoms with Crippen LogP contribution >= 0.6 is 12.2 Å². The molecule has 0 atom stereocenters. The normalized spacial score (nSPS) is 12.8. The van der Waals surface area contributed by atoms with Gasteiger partial charge in [0.2, 0.25) is 0 Å². The first kappa shape index (κ1) is 19.7. The van der Waals surface area contributed by atoms with E-state index in [1.807, 2.05) is 34.1 Å². The van der Waals surface area contributed by atoms with Crippen LogP contribution in [0.1, 0.15) is 11.1 Å². The Hall–Kier alpha value is -2.61. The fraction of sp³-hybridized carbons (Fsp3) is 0.222. The summed E-state index contributed by atoms with van der Waals surface area (Å²) in [7, 11) is 3.03. The fourth-order valence-corrected chi connectivity index (χ4v) is 2.48. The monoisotopic (exact) mass is 381 g/mol. The Kier molecular flexibility index (Phi) is 6.57. The number of nitrogens with one attached hydrogen (secondary N) is 1. The molecule has 2 aromatic rings. The maximum Gasteiger partial charge on any atom is 0.431 e. The molecular weight excluding hydrogens is 363 g/mol. The summed E-state index contributed by atoms with van der Waals surface area (Å²) in [6.45, 7) is 0.558. The Bertz CT molecular complexity index is 825. The number of nitrogens with zero attached hydrogens (tertiary/aromatic N) is 2. The molecule has 4 nitrogen and oxygen atoms in total. The number of halogens is 3. The van der Waals surface area contributed by atoms with Gasteiger partial charge in [-0.2, -0.15) is 13.2 Å². The average Bonchev–Trinajstić information content (AvgIpc) is 3.06. The van der Waals surface area contributed by atoms with Crippen molar-refractivity contribution in [2.45, 2.75) is 12.7 Å². The Morgan fingerprint density at radius 2 is 2.12 bits per heavy atom. The highest BCUT2D eigenvalue weighted by Gasteiger charge is 2.33. The largest absolute Gasteiger partial charge is 0.497 e. The second kappa shape index (κ2) is 8.66. The van der Waals surface area contributed by atoms with Gasteiger partial charge in [-0.1, -0.05) is 24.4 Å². The number of aliphatic imine (C=N–C) groups is 1. The van der Waals surface area contributed by atoms with Crippen molar-refractivity contribution in [1.82, 2.24) is 9.88 Å². The summed E-state index contributed by atoms with van der Waals surface area (Å²) < 4.78 is 46.1. The van der Waals surface area contributed by atoms with Crippen molar-refractivity contribution in [3.63, 3.8) is 0 Å². The van der Waals surface area contributed by atoms with E-state index >= 15 is 0 Å². The minimum Gasteiger partial charge on any atom is -0.497 e. The summed E-state index contributed by atoms with van der Waals surface area (Å²) in [6, 6.07) is 9.29. The smallest absolute Gasteiger partial charge is 0.431 e. The molecule has 0 spiro atoms. The van der Waals surface area contributed by atoms with Gasteiger partial charge in [-0.15, -0.1) is 0 Å². The molecule has 0 radical (unpaired) electrons. The molecule has 26 heavy (non-hydrogen) atoms. The molecule has 8 heteroatoms. The van der Waals surface area contributed by atoms with Gasteiger partial charge in [-0.05, 0) is 29.8 Å². The van der Waals surface area contributed by atoms with Gasteiger partial charge < -0.3 is 14.6 Å². The van der Waals surface area contributed by atoms with Gasteiger partial charge in [-0.3, -0.25) is 4.99 Å². The van der Waals surface area contributed by atoms with Crippen molar-refractivity contribution >= 4 is 23.4 Å². The van der Waals surface area contributed by atoms with E-state index in [0.29, 0.717) is 12.1 Å². The molecule has 0 unspecified atom stereocenters. The molecule has 0 saturated heterocycles. The second-order valence-corrected chi connectivity index (χ2v) is 5.59. The van der Waals surface area contributed by atoms with Crippen LogP contribution in [0.25, 0.3) is 0 Å². The first-order valence-corrected chi connectivity index (χ1v) is 8.09. The summed E-state index contributed by atoms with van der Waals surface area (Å²) in [4.78, 5) is 3.96. The molecule has 1 aromatic heterocycles. The van der Waals surface area contributed by atoms with Crippen LogP contribution in [0.4, 0.5) is 13.2 Å². The van der Waals surface area contributed by atoms with E-state index in [4.69, 9.17) is 4.74 Å². The third-order valence-electron chi connectivity index (χ3n) is 3.59. The first-order chi connectivity index (χ1) is 12.4. The zero-order valence-corrected chi connectivity index (χ0v) is 15.1. The number of methoxy groups -OCH3 is 1. The Labute approximate surface area is 155 Å². The van der Waals surface area contributed by atoms with Crippen molar-refractivity contribution in [3.8, 4) is 5.75 Å². The highest BCUT2D eigenvalue weighted by atomic mass is 32.1. The summed E-state index contributed by atoms with van der Waals surface area (Å²) in [6.07, 6.45) is -0.0835. The highest BCUT2D eigenvalue weighted by molar-refractivity contribution is 7.78. The molecule has 1 N–H and O–H groups in total. The molecule has 0 fully saturated rings. The lowest BCUT2D eigenvalue weighted by Crippen LogP contribution is -2.25. The van der Waals surface area contributed by atoms with E-state index < -0.39 is 11.9 Å². The number of aromatic nitrogens is 1. The number of thiocarbonyl (C=S) groups is 1. The van der Waals surface area contributed by atoms with Gasteiger partial charge in [0.15, 0.2) is 0 Å². The Morgan fingerprint density at radius 1 is 1.35 bits per heavy atom. The second-order valence-electron chi connectivity index (χ2n) is 5.35. The standard InChI is InChI=1S/C18H18F3N3OS/c1-22-16(9-17(23-12-26)18(19,20)21)14-6-7-24(11-14)10-13-4-3-5-15(8-13)25-2/h3-9,11-12H,10H2,1-2H3,(H,23,26)/b17-9-,22-16?. The van der Waals surface area contributed by atoms with Crippen molar-refractivity contribution in [2.75, 3.05) is 14.2 Å². The SMILES string of the molecule is CN=C(/C=C(\NC=S)C(F)(F)F)c1ccn(Cc2cccc(OC)c2)c1. The minimum atomic E-state index is -4.55. The van der Waals surface area contributed by atoms with Gasteiger partial charge in [0.25, 0.3) is 0 Å². The summed E-state index contributed by atoms with van der Waals surface area (Å²) in [5.74, 6) is 0.745. The molecule has 138 valence electrons. The quantitative estimate of drug-likeness (QED) is 0.583. The molecule has 0 amide bonds. The van der Waals surface area contributed by atoms with Crippen LogP contribution in [0.15, 0.2) is 59.5 Å². The summed E-state index contributed by atoms with van der Waals surface area (Å²) in [5, 5.41) is 2.04. The lowest BCUT2D eigenvalue weighted by Gasteiger charge is -2.11. The summed E-state index contributed by atoms with van der Waals surface area (Å²) >= 11 is 4.47. The minimum absolute atomic E-state index is 0.200. The molecule has 0 saturated carbocycles. The van der Waals surface area contributed by atoms with Crippen LogP contribution in [0, 0.1) is 0 Å². The van der Waals surface area contributed by atoms with Crippen LogP contribution in [-0.4, -0.2) is 36.1 Å². The van der Waals surface area contributed by atoms with Crippen molar-refractivity contribution in [3.05, 3.63) is 65.6 Å². The van der Waals surface area contributed by atoms with Gasteiger partial charge in [-0.25, -0.2) is 0 Å². The van der Waals surface area contributed by atoms with E-state index in [2.05, 4.69) is 17.2 Å². The molecule has 1 heterocycles. The van der Waals surface area contributed by atoms with Gasteiger partial charge >= 0.3 is 6.18 Å². The molecule has 2 rings (SSSR count). The third-order valence-corrected chi connectivity index (χ3v) is 3.71. The average molecular weight is 381 g/mol. The number of hydrogen-bond acceptors (Lipinski definition) is 3. The maximum atomic E-state index is 13.0.